The fourth-order valence-corrected chi connectivity index (χ4v) is 7.69. The number of carbonyl (C=O) groups excluding carboxylic acids is 2. The zero-order chi connectivity index (χ0) is 29.0. The molecule has 1 unspecified atom stereocenters. The van der Waals surface area contributed by atoms with Gasteiger partial charge in [-0.05, 0) is 65.2 Å². The van der Waals surface area contributed by atoms with Crippen molar-refractivity contribution in [3.05, 3.63) is 23.3 Å². The van der Waals surface area contributed by atoms with Gasteiger partial charge in [0.15, 0.2) is 0 Å². The summed E-state index contributed by atoms with van der Waals surface area (Å²) in [5.41, 5.74) is 1.85. The highest BCUT2D eigenvalue weighted by atomic mass is 16.6. The zero-order valence-corrected chi connectivity index (χ0v) is 25.8. The Balaban J connectivity index is 1.17. The maximum absolute atomic E-state index is 13.3. The van der Waals surface area contributed by atoms with Gasteiger partial charge in [-0.1, -0.05) is 19.8 Å². The van der Waals surface area contributed by atoms with Gasteiger partial charge < -0.3 is 19.3 Å². The third-order valence-corrected chi connectivity index (χ3v) is 10.7. The summed E-state index contributed by atoms with van der Waals surface area (Å²) in [6, 6.07) is 0. The first-order chi connectivity index (χ1) is 19.7. The average Bonchev–Trinajstić information content (AvgIpc) is 2.97. The molecule has 0 N–H and O–H groups in total. The molecule has 2 amide bonds. The van der Waals surface area contributed by atoms with E-state index < -0.39 is 0 Å². The minimum atomic E-state index is -0.340. The maximum atomic E-state index is 13.3. The topological polar surface area (TPSA) is 88.1 Å². The van der Waals surface area contributed by atoms with Crippen molar-refractivity contribution in [1.82, 2.24) is 24.7 Å². The van der Waals surface area contributed by atoms with Gasteiger partial charge in [0.05, 0.1) is 17.0 Å². The Hall–Kier alpha value is -2.26. The quantitative estimate of drug-likeness (QED) is 0.435. The van der Waals surface area contributed by atoms with Crippen LogP contribution in [0.5, 0.6) is 0 Å². The maximum Gasteiger partial charge on any atom is 0.410 e. The molecule has 4 fully saturated rings. The molecule has 5 heterocycles. The number of nitrogens with zero attached hydrogens (tertiary/aromatic N) is 5. The van der Waals surface area contributed by atoms with Crippen LogP contribution in [0.1, 0.15) is 99.8 Å². The van der Waals surface area contributed by atoms with Crippen molar-refractivity contribution in [2.24, 2.45) is 11.8 Å². The van der Waals surface area contributed by atoms with Gasteiger partial charge in [-0.15, -0.1) is 0 Å². The van der Waals surface area contributed by atoms with Crippen LogP contribution in [-0.4, -0.2) is 100 Å². The number of ether oxygens (including phenoxy) is 2. The van der Waals surface area contributed by atoms with Gasteiger partial charge in [0.1, 0.15) is 11.9 Å². The molecule has 0 bridgehead atoms. The highest BCUT2D eigenvalue weighted by molar-refractivity contribution is 5.96. The van der Waals surface area contributed by atoms with Crippen LogP contribution in [0, 0.1) is 25.7 Å². The van der Waals surface area contributed by atoms with Crippen LogP contribution < -0.4 is 0 Å². The number of unbranched alkanes of at least 4 members (excludes halogenated alkanes) is 1. The lowest BCUT2D eigenvalue weighted by Gasteiger charge is -2.55. The van der Waals surface area contributed by atoms with Crippen LogP contribution in [0.3, 0.4) is 0 Å². The van der Waals surface area contributed by atoms with E-state index in [-0.39, 0.29) is 23.1 Å². The molecule has 4 aliphatic heterocycles. The lowest BCUT2D eigenvalue weighted by Crippen LogP contribution is -2.63. The summed E-state index contributed by atoms with van der Waals surface area (Å²) in [5, 5.41) is 0. The van der Waals surface area contributed by atoms with Gasteiger partial charge in [0.2, 0.25) is 0 Å². The van der Waals surface area contributed by atoms with Gasteiger partial charge in [-0.2, -0.15) is 0 Å². The Morgan fingerprint density at radius 3 is 2.29 bits per heavy atom. The molecule has 1 atom stereocenters. The predicted octanol–water partition coefficient (Wildman–Crippen LogP) is 5.00. The number of rotatable bonds is 8. The number of likely N-dealkylation sites (tertiary alicyclic amines) is 2. The van der Waals surface area contributed by atoms with E-state index in [2.05, 4.69) is 28.7 Å². The van der Waals surface area contributed by atoms with E-state index in [1.807, 2.05) is 23.6 Å². The molecule has 9 heteroatoms. The summed E-state index contributed by atoms with van der Waals surface area (Å²) >= 11 is 0. The predicted molar refractivity (Wildman–Crippen MR) is 158 cm³/mol. The number of hydrogen-bond donors (Lipinski definition) is 0. The third kappa shape index (κ3) is 6.56. The SMILES string of the molecule is CCCCC1CN(CCC2CCOCC2)C(=O)OC12CCN(C1(C)CCN(C(=O)c3c(C)ncnc3C)CC1)CC2. The van der Waals surface area contributed by atoms with Crippen LogP contribution in [0.4, 0.5) is 4.79 Å². The van der Waals surface area contributed by atoms with E-state index in [4.69, 9.17) is 9.47 Å². The molecule has 228 valence electrons. The Kier molecular flexibility index (Phi) is 9.53. The second-order valence-electron chi connectivity index (χ2n) is 13.3. The molecular formula is C32H51N5O4. The molecule has 41 heavy (non-hydrogen) atoms. The number of piperidine rings is 2. The number of aryl methyl sites for hydroxylation is 2. The standard InChI is InChI=1S/C32H51N5O4/c1-5-6-7-27-22-36(15-8-26-9-20-40-21-10-26)30(39)41-32(27)13-18-37(19-14-32)31(4)11-16-35(17-12-31)29(38)28-24(2)33-23-34-25(28)3/h23,26-27H,5-22H2,1-4H3. The number of hydrogen-bond acceptors (Lipinski definition) is 7. The summed E-state index contributed by atoms with van der Waals surface area (Å²) < 4.78 is 12.0. The smallest absolute Gasteiger partial charge is 0.410 e. The molecule has 1 aromatic rings. The summed E-state index contributed by atoms with van der Waals surface area (Å²) in [4.78, 5) is 41.7. The van der Waals surface area contributed by atoms with Crippen LogP contribution in [0.25, 0.3) is 0 Å². The number of carbonyl (C=O) groups is 2. The molecule has 0 radical (unpaired) electrons. The fraction of sp³-hybridized carbons (Fsp3) is 0.812. The molecule has 5 rings (SSSR count). The zero-order valence-electron chi connectivity index (χ0n) is 25.8. The highest BCUT2D eigenvalue weighted by Crippen LogP contribution is 2.43. The molecule has 0 saturated carbocycles. The van der Waals surface area contributed by atoms with E-state index >= 15 is 0 Å². The largest absolute Gasteiger partial charge is 0.442 e. The van der Waals surface area contributed by atoms with E-state index in [1.54, 1.807) is 0 Å². The molecule has 0 aliphatic carbocycles. The van der Waals surface area contributed by atoms with Gasteiger partial charge >= 0.3 is 6.09 Å². The lowest BCUT2D eigenvalue weighted by atomic mass is 9.74. The van der Waals surface area contributed by atoms with E-state index in [0.29, 0.717) is 17.4 Å². The second kappa shape index (κ2) is 12.9. The average molecular weight is 570 g/mol. The van der Waals surface area contributed by atoms with Crippen LogP contribution >= 0.6 is 0 Å². The Labute approximate surface area is 246 Å². The molecule has 4 aliphatic rings. The normalized spacial score (nSPS) is 25.4. The monoisotopic (exact) mass is 569 g/mol. The van der Waals surface area contributed by atoms with Crippen molar-refractivity contribution >= 4 is 12.0 Å². The minimum Gasteiger partial charge on any atom is -0.442 e. The number of amides is 2. The first-order valence-electron chi connectivity index (χ1n) is 16.1. The van der Waals surface area contributed by atoms with Crippen molar-refractivity contribution in [2.45, 2.75) is 103 Å². The van der Waals surface area contributed by atoms with Crippen molar-refractivity contribution in [3.63, 3.8) is 0 Å². The Bertz CT molecular complexity index is 1040. The van der Waals surface area contributed by atoms with Crippen molar-refractivity contribution in [2.75, 3.05) is 52.5 Å². The Morgan fingerprint density at radius 1 is 1.00 bits per heavy atom. The molecule has 9 nitrogen and oxygen atoms in total. The van der Waals surface area contributed by atoms with Gasteiger partial charge in [0.25, 0.3) is 5.91 Å². The van der Waals surface area contributed by atoms with Gasteiger partial charge in [0, 0.05) is 76.8 Å². The van der Waals surface area contributed by atoms with Gasteiger partial charge in [-0.25, -0.2) is 14.8 Å². The molecule has 1 aromatic heterocycles. The van der Waals surface area contributed by atoms with Crippen molar-refractivity contribution in [1.29, 1.82) is 0 Å². The van der Waals surface area contributed by atoms with Crippen molar-refractivity contribution < 1.29 is 19.1 Å². The fourth-order valence-electron chi connectivity index (χ4n) is 7.69. The van der Waals surface area contributed by atoms with Gasteiger partial charge in [-0.3, -0.25) is 9.69 Å². The van der Waals surface area contributed by atoms with Crippen LogP contribution in [0.2, 0.25) is 0 Å². The van der Waals surface area contributed by atoms with Crippen LogP contribution in [-0.2, 0) is 9.47 Å². The van der Waals surface area contributed by atoms with E-state index in [9.17, 15) is 9.59 Å². The molecule has 4 saturated heterocycles. The first kappa shape index (κ1) is 30.2. The Morgan fingerprint density at radius 2 is 1.66 bits per heavy atom. The van der Waals surface area contributed by atoms with E-state index in [0.717, 1.165) is 122 Å². The third-order valence-electron chi connectivity index (χ3n) is 10.7. The molecule has 0 aromatic carbocycles. The molecule has 1 spiro atoms. The highest BCUT2D eigenvalue weighted by Gasteiger charge is 2.51. The van der Waals surface area contributed by atoms with Crippen LogP contribution in [0.15, 0.2) is 6.33 Å². The first-order valence-corrected chi connectivity index (χ1v) is 16.1. The lowest BCUT2D eigenvalue weighted by molar-refractivity contribution is -0.133. The summed E-state index contributed by atoms with van der Waals surface area (Å²) in [6.45, 7) is 15.1. The molecular weight excluding hydrogens is 518 g/mol. The van der Waals surface area contributed by atoms with Crippen molar-refractivity contribution in [3.8, 4) is 0 Å². The number of aromatic nitrogens is 2. The summed E-state index contributed by atoms with van der Waals surface area (Å²) in [5.74, 6) is 1.10. The minimum absolute atomic E-state index is 0.0446. The second-order valence-corrected chi connectivity index (χ2v) is 13.3. The summed E-state index contributed by atoms with van der Waals surface area (Å²) in [7, 11) is 0. The summed E-state index contributed by atoms with van der Waals surface area (Å²) in [6.07, 6.45) is 11.8. The van der Waals surface area contributed by atoms with E-state index in [1.165, 1.54) is 12.7 Å².